The lowest BCUT2D eigenvalue weighted by atomic mass is 9.69. The Morgan fingerprint density at radius 1 is 1.14 bits per heavy atom. The maximum atomic E-state index is 13.8. The Bertz CT molecular complexity index is 1040. The van der Waals surface area contributed by atoms with E-state index in [4.69, 9.17) is 9.47 Å². The van der Waals surface area contributed by atoms with Gasteiger partial charge < -0.3 is 19.7 Å². The van der Waals surface area contributed by atoms with Crippen molar-refractivity contribution in [2.24, 2.45) is 11.8 Å². The highest BCUT2D eigenvalue weighted by Crippen LogP contribution is 2.45. The van der Waals surface area contributed by atoms with Gasteiger partial charge in [-0.2, -0.15) is 0 Å². The number of esters is 2. The molecule has 1 aromatic carbocycles. The molecule has 1 heterocycles. The molecule has 0 radical (unpaired) electrons. The van der Waals surface area contributed by atoms with E-state index in [0.717, 1.165) is 30.0 Å². The minimum absolute atomic E-state index is 0.215. The van der Waals surface area contributed by atoms with Crippen molar-refractivity contribution in [2.45, 2.75) is 66.4 Å². The van der Waals surface area contributed by atoms with E-state index in [0.29, 0.717) is 29.7 Å². The Kier molecular flexibility index (Phi) is 8.41. The summed E-state index contributed by atoms with van der Waals surface area (Å²) in [5.41, 5.74) is 4.19. The molecule has 1 aliphatic carbocycles. The monoisotopic (exact) mass is 482 g/mol. The molecule has 0 unspecified atom stereocenters. The number of Topliss-reactive ketones (excluding diaryl/α,β-unsaturated/α-hetero) is 1. The predicted octanol–water partition coefficient (Wildman–Crippen LogP) is 4.49. The van der Waals surface area contributed by atoms with Crippen molar-refractivity contribution in [1.82, 2.24) is 5.32 Å². The molecule has 4 atom stereocenters. The molecular weight excluding hydrogens is 444 g/mol. The summed E-state index contributed by atoms with van der Waals surface area (Å²) in [5, 5.41) is 3.30. The van der Waals surface area contributed by atoms with Crippen LogP contribution in [0.4, 0.5) is 5.69 Å². The smallest absolute Gasteiger partial charge is 0.337 e. The van der Waals surface area contributed by atoms with Crippen LogP contribution in [0.2, 0.25) is 0 Å². The Labute approximate surface area is 208 Å². The number of benzene rings is 1. The van der Waals surface area contributed by atoms with Crippen LogP contribution in [-0.2, 0) is 23.9 Å². The number of methoxy groups -OCH3 is 1. The molecule has 0 bridgehead atoms. The third kappa shape index (κ3) is 5.14. The zero-order chi connectivity index (χ0) is 25.9. The van der Waals surface area contributed by atoms with Gasteiger partial charge >= 0.3 is 11.9 Å². The topological polar surface area (TPSA) is 84.9 Å². The largest absolute Gasteiger partial charge is 0.468 e. The number of nitrogens with one attached hydrogen (secondary N) is 1. The first-order valence-corrected chi connectivity index (χ1v) is 12.6. The van der Waals surface area contributed by atoms with Gasteiger partial charge in [0.25, 0.3) is 0 Å². The number of ether oxygens (including phenoxy) is 2. The number of ketones is 1. The third-order valence-corrected chi connectivity index (χ3v) is 7.20. The van der Waals surface area contributed by atoms with Crippen LogP contribution >= 0.6 is 0 Å². The molecule has 0 saturated carbocycles. The second-order valence-electron chi connectivity index (χ2n) is 9.42. The lowest BCUT2D eigenvalue weighted by molar-refractivity contribution is -0.151. The zero-order valence-electron chi connectivity index (χ0n) is 21.9. The molecule has 7 nitrogen and oxygen atoms in total. The summed E-state index contributed by atoms with van der Waals surface area (Å²) in [4.78, 5) is 42.0. The Morgan fingerprint density at radius 2 is 1.77 bits per heavy atom. The van der Waals surface area contributed by atoms with Crippen molar-refractivity contribution in [1.29, 1.82) is 0 Å². The third-order valence-electron chi connectivity index (χ3n) is 7.20. The normalized spacial score (nSPS) is 22.8. The van der Waals surface area contributed by atoms with Gasteiger partial charge in [0.2, 0.25) is 0 Å². The van der Waals surface area contributed by atoms with Gasteiger partial charge in [0.05, 0.1) is 18.8 Å². The second kappa shape index (κ2) is 11.1. The van der Waals surface area contributed by atoms with Crippen LogP contribution in [0.3, 0.4) is 0 Å². The van der Waals surface area contributed by atoms with E-state index >= 15 is 0 Å². The van der Waals surface area contributed by atoms with E-state index in [1.165, 1.54) is 7.11 Å². The standard InChI is InChI=1S/C28H38N2O5/c1-8-17(5)35-28(33)23-18(6)29-21-15-16(4)22(27(32)34-7)26(31)25(21)24(23)19-11-13-20(14-12-19)30(9-2)10-3/h11-14,16-17,22,24,29H,8-10,15H2,1-7H3/t16-,17+,22-,24-/m0/s1. The molecule has 1 N–H and O–H groups in total. The van der Waals surface area contributed by atoms with Crippen molar-refractivity contribution in [3.05, 3.63) is 52.4 Å². The van der Waals surface area contributed by atoms with Crippen LogP contribution in [0.5, 0.6) is 0 Å². The van der Waals surface area contributed by atoms with Crippen molar-refractivity contribution in [2.75, 3.05) is 25.1 Å². The van der Waals surface area contributed by atoms with E-state index < -0.39 is 23.8 Å². The van der Waals surface area contributed by atoms with Gasteiger partial charge in [-0.3, -0.25) is 9.59 Å². The number of allylic oxidation sites excluding steroid dienone is 3. The first-order valence-electron chi connectivity index (χ1n) is 12.6. The molecule has 0 spiro atoms. The van der Waals surface area contributed by atoms with Crippen molar-refractivity contribution >= 4 is 23.4 Å². The summed E-state index contributed by atoms with van der Waals surface area (Å²) < 4.78 is 10.7. The van der Waals surface area contributed by atoms with Crippen LogP contribution in [0.1, 0.15) is 65.9 Å². The van der Waals surface area contributed by atoms with E-state index in [1.807, 2.05) is 52.0 Å². The molecule has 0 amide bonds. The molecule has 1 aromatic rings. The number of carbonyl (C=O) groups is 3. The second-order valence-corrected chi connectivity index (χ2v) is 9.42. The summed E-state index contributed by atoms with van der Waals surface area (Å²) in [7, 11) is 1.30. The highest BCUT2D eigenvalue weighted by atomic mass is 16.5. The molecule has 0 saturated heterocycles. The first kappa shape index (κ1) is 26.5. The fourth-order valence-electron chi connectivity index (χ4n) is 5.08. The number of carbonyl (C=O) groups excluding carboxylic acids is 3. The molecule has 1 aliphatic heterocycles. The quantitative estimate of drug-likeness (QED) is 0.432. The fraction of sp³-hybridized carbons (Fsp3) is 0.536. The SMILES string of the molecule is CC[C@@H](C)OC(=O)C1=C(C)NC2=C(C(=O)[C@@H](C(=O)OC)[C@@H](C)C2)[C@H]1c1ccc(N(CC)CC)cc1. The molecule has 190 valence electrons. The Balaban J connectivity index is 2.15. The average molecular weight is 483 g/mol. The van der Waals surface area contributed by atoms with Gasteiger partial charge in [0, 0.05) is 41.7 Å². The lowest BCUT2D eigenvalue weighted by Gasteiger charge is -2.38. The summed E-state index contributed by atoms with van der Waals surface area (Å²) >= 11 is 0. The molecule has 2 aliphatic rings. The van der Waals surface area contributed by atoms with Gasteiger partial charge in [-0.1, -0.05) is 26.0 Å². The van der Waals surface area contributed by atoms with Crippen molar-refractivity contribution < 1.29 is 23.9 Å². The molecule has 0 fully saturated rings. The van der Waals surface area contributed by atoms with Crippen molar-refractivity contribution in [3.8, 4) is 0 Å². The zero-order valence-corrected chi connectivity index (χ0v) is 21.9. The van der Waals surface area contributed by atoms with E-state index in [1.54, 1.807) is 0 Å². The fourth-order valence-corrected chi connectivity index (χ4v) is 5.08. The van der Waals surface area contributed by atoms with Crippen LogP contribution in [0.15, 0.2) is 46.8 Å². The number of hydrogen-bond acceptors (Lipinski definition) is 7. The average Bonchev–Trinajstić information content (AvgIpc) is 2.83. The van der Waals surface area contributed by atoms with Gasteiger partial charge in [0.1, 0.15) is 5.92 Å². The summed E-state index contributed by atoms with van der Waals surface area (Å²) in [5.74, 6) is -3.02. The Morgan fingerprint density at radius 3 is 2.31 bits per heavy atom. The highest BCUT2D eigenvalue weighted by Gasteiger charge is 2.47. The first-order chi connectivity index (χ1) is 16.7. The molecule has 3 rings (SSSR count). The van der Waals surface area contributed by atoms with Gasteiger partial charge in [-0.25, -0.2) is 4.79 Å². The van der Waals surface area contributed by atoms with Gasteiger partial charge in [-0.15, -0.1) is 0 Å². The summed E-state index contributed by atoms with van der Waals surface area (Å²) in [6.45, 7) is 13.5. The molecule has 7 heteroatoms. The number of anilines is 1. The highest BCUT2D eigenvalue weighted by molar-refractivity contribution is 6.12. The number of nitrogens with zero attached hydrogens (tertiary/aromatic N) is 1. The van der Waals surface area contributed by atoms with E-state index in [-0.39, 0.29) is 17.8 Å². The van der Waals surface area contributed by atoms with Crippen LogP contribution in [-0.4, -0.2) is 44.0 Å². The maximum Gasteiger partial charge on any atom is 0.337 e. The van der Waals surface area contributed by atoms with Gasteiger partial charge in [0.15, 0.2) is 5.78 Å². The van der Waals surface area contributed by atoms with Gasteiger partial charge in [-0.05, 0) is 64.2 Å². The van der Waals surface area contributed by atoms with Crippen LogP contribution in [0.25, 0.3) is 0 Å². The predicted molar refractivity (Wildman–Crippen MR) is 136 cm³/mol. The molecule has 0 aromatic heterocycles. The van der Waals surface area contributed by atoms with Crippen LogP contribution < -0.4 is 10.2 Å². The molecule has 35 heavy (non-hydrogen) atoms. The lowest BCUT2D eigenvalue weighted by Crippen LogP contribution is -2.43. The summed E-state index contributed by atoms with van der Waals surface area (Å²) in [6.07, 6.45) is 0.942. The number of dihydropyridines is 1. The van der Waals surface area contributed by atoms with E-state index in [2.05, 4.69) is 24.1 Å². The van der Waals surface area contributed by atoms with E-state index in [9.17, 15) is 14.4 Å². The minimum Gasteiger partial charge on any atom is -0.468 e. The van der Waals surface area contributed by atoms with Crippen molar-refractivity contribution in [3.63, 3.8) is 0 Å². The summed E-state index contributed by atoms with van der Waals surface area (Å²) in [6, 6.07) is 7.98. The van der Waals surface area contributed by atoms with Crippen LogP contribution in [0, 0.1) is 11.8 Å². The maximum absolute atomic E-state index is 13.8. The molecular formula is C28H38N2O5. The minimum atomic E-state index is -0.900. The number of hydrogen-bond donors (Lipinski definition) is 1. The Hall–Kier alpha value is -3.09. The number of rotatable bonds is 8.